The average molecular weight is 386 g/mol. The molecular formula is C20H20F2N4O2. The van der Waals surface area contributed by atoms with Gasteiger partial charge in [0.25, 0.3) is 5.56 Å². The number of carbonyl (C=O) groups is 1. The van der Waals surface area contributed by atoms with Crippen LogP contribution >= 0.6 is 0 Å². The van der Waals surface area contributed by atoms with Gasteiger partial charge in [-0.25, -0.2) is 13.3 Å². The first-order valence-electron chi connectivity index (χ1n) is 9.33. The van der Waals surface area contributed by atoms with E-state index in [1.54, 1.807) is 16.9 Å². The summed E-state index contributed by atoms with van der Waals surface area (Å²) in [4.78, 5) is 24.9. The lowest BCUT2D eigenvalue weighted by molar-refractivity contribution is -0.121. The molecule has 28 heavy (non-hydrogen) atoms. The molecule has 0 bridgehead atoms. The second-order valence-electron chi connectivity index (χ2n) is 6.98. The zero-order valence-corrected chi connectivity index (χ0v) is 15.3. The fourth-order valence-corrected chi connectivity index (χ4v) is 3.60. The highest BCUT2D eigenvalue weighted by Gasteiger charge is 2.19. The molecular weight excluding hydrogens is 366 g/mol. The van der Waals surface area contributed by atoms with E-state index in [0.29, 0.717) is 5.52 Å². The Labute approximate surface area is 159 Å². The number of rotatable bonds is 5. The number of nitrogens with zero attached hydrogens (tertiary/aromatic N) is 3. The number of halogens is 2. The third-order valence-corrected chi connectivity index (χ3v) is 5.10. The summed E-state index contributed by atoms with van der Waals surface area (Å²) in [6.07, 6.45) is 7.31. The molecule has 1 aliphatic rings. The molecule has 3 aromatic rings. The van der Waals surface area contributed by atoms with Gasteiger partial charge in [-0.15, -0.1) is 0 Å². The van der Waals surface area contributed by atoms with E-state index in [-0.39, 0.29) is 36.5 Å². The summed E-state index contributed by atoms with van der Waals surface area (Å²) >= 11 is 0. The molecule has 6 nitrogen and oxygen atoms in total. The van der Waals surface area contributed by atoms with Gasteiger partial charge in [-0.2, -0.15) is 5.10 Å². The molecule has 0 saturated carbocycles. The van der Waals surface area contributed by atoms with Gasteiger partial charge in [-0.05, 0) is 31.7 Å². The molecule has 0 unspecified atom stereocenters. The Morgan fingerprint density at radius 1 is 1.18 bits per heavy atom. The number of amides is 1. The Hall–Kier alpha value is -3.03. The molecule has 1 aromatic carbocycles. The Morgan fingerprint density at radius 3 is 2.82 bits per heavy atom. The van der Waals surface area contributed by atoms with Gasteiger partial charge >= 0.3 is 0 Å². The average Bonchev–Trinajstić information content (AvgIpc) is 3.06. The molecule has 2 aromatic heterocycles. The van der Waals surface area contributed by atoms with E-state index in [1.807, 2.05) is 0 Å². The first-order valence-corrected chi connectivity index (χ1v) is 9.33. The van der Waals surface area contributed by atoms with Crippen molar-refractivity contribution in [1.82, 2.24) is 19.5 Å². The molecule has 1 aliphatic carbocycles. The summed E-state index contributed by atoms with van der Waals surface area (Å²) in [6.45, 7) is 0.183. The number of hydrogen-bond acceptors (Lipinski definition) is 3. The fourth-order valence-electron chi connectivity index (χ4n) is 3.60. The highest BCUT2D eigenvalue weighted by molar-refractivity contribution is 5.75. The molecule has 146 valence electrons. The van der Waals surface area contributed by atoms with Crippen molar-refractivity contribution in [2.45, 2.75) is 45.2 Å². The van der Waals surface area contributed by atoms with E-state index in [4.69, 9.17) is 0 Å². The van der Waals surface area contributed by atoms with Crippen molar-refractivity contribution in [3.63, 3.8) is 0 Å². The van der Waals surface area contributed by atoms with Crippen LogP contribution in [0.3, 0.4) is 0 Å². The Morgan fingerprint density at radius 2 is 2.00 bits per heavy atom. The van der Waals surface area contributed by atoms with Gasteiger partial charge in [0.2, 0.25) is 5.91 Å². The third kappa shape index (κ3) is 3.54. The minimum atomic E-state index is -0.701. The van der Waals surface area contributed by atoms with Gasteiger partial charge in [0, 0.05) is 49.1 Å². The zero-order valence-electron chi connectivity index (χ0n) is 15.3. The van der Waals surface area contributed by atoms with E-state index < -0.39 is 11.6 Å². The van der Waals surface area contributed by atoms with Crippen LogP contribution in [0.25, 0.3) is 5.52 Å². The van der Waals surface area contributed by atoms with E-state index in [1.165, 1.54) is 10.6 Å². The zero-order chi connectivity index (χ0) is 19.7. The largest absolute Gasteiger partial charge is 0.352 e. The maximum Gasteiger partial charge on any atom is 0.276 e. The molecule has 8 heteroatoms. The first-order chi connectivity index (χ1) is 13.5. The summed E-state index contributed by atoms with van der Waals surface area (Å²) < 4.78 is 29.7. The molecule has 0 radical (unpaired) electrons. The number of fused-ring (bicyclic) bond motifs is 3. The van der Waals surface area contributed by atoms with E-state index in [9.17, 15) is 18.4 Å². The quantitative estimate of drug-likeness (QED) is 0.732. The molecule has 0 spiro atoms. The van der Waals surface area contributed by atoms with E-state index >= 15 is 0 Å². The van der Waals surface area contributed by atoms with Crippen molar-refractivity contribution >= 4 is 11.4 Å². The van der Waals surface area contributed by atoms with Gasteiger partial charge in [0.1, 0.15) is 17.2 Å². The second-order valence-corrected chi connectivity index (χ2v) is 6.98. The Kier molecular flexibility index (Phi) is 4.93. The molecule has 0 fully saturated rings. The van der Waals surface area contributed by atoms with Gasteiger partial charge in [0.05, 0.1) is 5.69 Å². The summed E-state index contributed by atoms with van der Waals surface area (Å²) in [7, 11) is 0. The molecule has 0 saturated heterocycles. The van der Waals surface area contributed by atoms with E-state index in [2.05, 4.69) is 10.4 Å². The number of aryl methyl sites for hydroxylation is 3. The Balaban J connectivity index is 1.43. The van der Waals surface area contributed by atoms with Gasteiger partial charge in [0.15, 0.2) is 0 Å². The maximum atomic E-state index is 13.6. The monoisotopic (exact) mass is 386 g/mol. The molecule has 1 amide bonds. The highest BCUT2D eigenvalue weighted by atomic mass is 19.1. The van der Waals surface area contributed by atoms with Crippen molar-refractivity contribution in [3.8, 4) is 0 Å². The van der Waals surface area contributed by atoms with Gasteiger partial charge in [-0.1, -0.05) is 6.07 Å². The van der Waals surface area contributed by atoms with Crippen LogP contribution < -0.4 is 10.9 Å². The van der Waals surface area contributed by atoms with Crippen molar-refractivity contribution < 1.29 is 13.6 Å². The lowest BCUT2D eigenvalue weighted by Crippen LogP contribution is -2.28. The molecule has 2 heterocycles. The summed E-state index contributed by atoms with van der Waals surface area (Å²) in [6, 6.07) is 3.22. The van der Waals surface area contributed by atoms with Crippen molar-refractivity contribution in [3.05, 3.63) is 69.4 Å². The number of aromatic nitrogens is 3. The molecule has 4 rings (SSSR count). The molecule has 0 aliphatic heterocycles. The normalized spacial score (nSPS) is 13.5. The fraction of sp³-hybridized carbons (Fsp3) is 0.350. The van der Waals surface area contributed by atoms with Crippen LogP contribution in [0.2, 0.25) is 0 Å². The van der Waals surface area contributed by atoms with Crippen LogP contribution in [0.1, 0.15) is 36.1 Å². The summed E-state index contributed by atoms with van der Waals surface area (Å²) in [5.74, 6) is -1.68. The smallest absolute Gasteiger partial charge is 0.276 e. The Bertz CT molecular complexity index is 1100. The lowest BCUT2D eigenvalue weighted by Gasteiger charge is -2.10. The SMILES string of the molecule is O=C(CCn1ccn2nc3c(c2c1=O)CCCC3)NCc1ccc(F)cc1F. The topological polar surface area (TPSA) is 68.4 Å². The van der Waals surface area contributed by atoms with Crippen LogP contribution in [0.15, 0.2) is 35.4 Å². The van der Waals surface area contributed by atoms with Gasteiger partial charge in [-0.3, -0.25) is 9.59 Å². The van der Waals surface area contributed by atoms with E-state index in [0.717, 1.165) is 49.1 Å². The van der Waals surface area contributed by atoms with Crippen molar-refractivity contribution in [2.24, 2.45) is 0 Å². The first kappa shape index (κ1) is 18.3. The van der Waals surface area contributed by atoms with Crippen LogP contribution in [-0.4, -0.2) is 20.1 Å². The van der Waals surface area contributed by atoms with Gasteiger partial charge < -0.3 is 9.88 Å². The maximum absolute atomic E-state index is 13.6. The standard InChI is InChI=1S/C20H20F2N4O2/c21-14-6-5-13(16(22)11-14)12-23-18(27)7-8-25-9-10-26-19(20(25)28)15-3-1-2-4-17(15)24-26/h5-6,9-11H,1-4,7-8,12H2,(H,23,27). The molecule has 0 atom stereocenters. The second kappa shape index (κ2) is 7.53. The lowest BCUT2D eigenvalue weighted by atomic mass is 9.97. The third-order valence-electron chi connectivity index (χ3n) is 5.10. The predicted molar refractivity (Wildman–Crippen MR) is 98.9 cm³/mol. The van der Waals surface area contributed by atoms with Crippen molar-refractivity contribution in [2.75, 3.05) is 0 Å². The van der Waals surface area contributed by atoms with Crippen LogP contribution in [0.5, 0.6) is 0 Å². The molecule has 1 N–H and O–H groups in total. The highest BCUT2D eigenvalue weighted by Crippen LogP contribution is 2.22. The summed E-state index contributed by atoms with van der Waals surface area (Å²) in [5, 5.41) is 7.09. The predicted octanol–water partition coefficient (Wildman–Crippen LogP) is 2.36. The number of carbonyl (C=O) groups excluding carboxylic acids is 1. The number of nitrogens with one attached hydrogen (secondary N) is 1. The van der Waals surface area contributed by atoms with Crippen molar-refractivity contribution in [1.29, 1.82) is 0 Å². The van der Waals surface area contributed by atoms with Crippen LogP contribution in [0, 0.1) is 11.6 Å². The minimum Gasteiger partial charge on any atom is -0.352 e. The number of benzene rings is 1. The summed E-state index contributed by atoms with van der Waals surface area (Å²) in [5.41, 5.74) is 2.64. The number of hydrogen-bond donors (Lipinski definition) is 1. The van der Waals surface area contributed by atoms with Crippen LogP contribution in [0.4, 0.5) is 8.78 Å². The van der Waals surface area contributed by atoms with Crippen LogP contribution in [-0.2, 0) is 30.7 Å². The minimum absolute atomic E-state index is 0.0327.